The summed E-state index contributed by atoms with van der Waals surface area (Å²) in [4.78, 5) is 9.87. The van der Waals surface area contributed by atoms with Crippen LogP contribution in [0.15, 0.2) is 0 Å². The average molecular weight is 152 g/mol. The minimum atomic E-state index is -3.57. The van der Waals surface area contributed by atoms with Crippen LogP contribution in [0.1, 0.15) is 20.3 Å². The Labute approximate surface area is 57.9 Å². The van der Waals surface area contributed by atoms with Crippen LogP contribution in [0.2, 0.25) is 0 Å². The summed E-state index contributed by atoms with van der Waals surface area (Å²) in [7, 11) is 0. The lowest BCUT2D eigenvalue weighted by molar-refractivity contribution is -0.172. The van der Waals surface area contributed by atoms with Crippen molar-refractivity contribution in [1.82, 2.24) is 0 Å². The van der Waals surface area contributed by atoms with Gasteiger partial charge in [0.15, 0.2) is 0 Å². The number of halogens is 2. The Bertz CT molecular complexity index is 134. The van der Waals surface area contributed by atoms with Gasteiger partial charge in [-0.25, -0.2) is 4.79 Å². The molecule has 0 aromatic rings. The summed E-state index contributed by atoms with van der Waals surface area (Å²) in [6, 6.07) is 0. The zero-order valence-corrected chi connectivity index (χ0v) is 5.90. The fourth-order valence-electron chi connectivity index (χ4n) is 0.467. The van der Waals surface area contributed by atoms with E-state index in [2.05, 4.69) is 0 Å². The van der Waals surface area contributed by atoms with E-state index < -0.39 is 17.8 Å². The number of hydrogen-bond acceptors (Lipinski definition) is 1. The summed E-state index contributed by atoms with van der Waals surface area (Å²) in [6.07, 6.45) is 0.166. The maximum absolute atomic E-state index is 12.3. The number of carboxylic acid groups (broad SMARTS) is 1. The predicted octanol–water partition coefficient (Wildman–Crippen LogP) is 1.75. The number of alkyl halides is 2. The van der Waals surface area contributed by atoms with E-state index in [9.17, 15) is 13.6 Å². The number of rotatable bonds is 3. The van der Waals surface area contributed by atoms with E-state index in [4.69, 9.17) is 5.11 Å². The summed E-state index contributed by atoms with van der Waals surface area (Å²) in [5.74, 6) is -6.71. The van der Waals surface area contributed by atoms with Gasteiger partial charge in [0.05, 0.1) is 0 Å². The molecule has 0 saturated carbocycles. The molecule has 0 heterocycles. The van der Waals surface area contributed by atoms with Crippen LogP contribution in [-0.2, 0) is 4.79 Å². The summed E-state index contributed by atoms with van der Waals surface area (Å²) in [5.41, 5.74) is 0. The molecule has 1 unspecified atom stereocenters. The Balaban J connectivity index is 4.23. The van der Waals surface area contributed by atoms with Gasteiger partial charge in [-0.1, -0.05) is 13.8 Å². The molecule has 0 aliphatic carbocycles. The third-order valence-electron chi connectivity index (χ3n) is 1.52. The second kappa shape index (κ2) is 2.94. The van der Waals surface area contributed by atoms with Crippen LogP contribution in [0.25, 0.3) is 0 Å². The van der Waals surface area contributed by atoms with Crippen LogP contribution in [-0.4, -0.2) is 17.0 Å². The Morgan fingerprint density at radius 2 is 2.10 bits per heavy atom. The Kier molecular flexibility index (Phi) is 2.75. The van der Waals surface area contributed by atoms with Gasteiger partial charge in [0.25, 0.3) is 0 Å². The van der Waals surface area contributed by atoms with Crippen molar-refractivity contribution in [3.05, 3.63) is 0 Å². The highest BCUT2D eigenvalue weighted by molar-refractivity contribution is 5.75. The predicted molar refractivity (Wildman–Crippen MR) is 32.0 cm³/mol. The second-order valence-electron chi connectivity index (χ2n) is 2.24. The molecule has 0 saturated heterocycles. The highest BCUT2D eigenvalue weighted by Gasteiger charge is 2.43. The van der Waals surface area contributed by atoms with Crippen molar-refractivity contribution in [2.24, 2.45) is 5.92 Å². The molecule has 0 rings (SSSR count). The average Bonchev–Trinajstić information content (AvgIpc) is 1.86. The van der Waals surface area contributed by atoms with Crippen LogP contribution < -0.4 is 0 Å². The van der Waals surface area contributed by atoms with Gasteiger partial charge in [-0.3, -0.25) is 0 Å². The molecule has 0 aliphatic rings. The molecule has 4 heteroatoms. The first-order valence-corrected chi connectivity index (χ1v) is 3.04. The molecule has 0 aromatic heterocycles. The fourth-order valence-corrected chi connectivity index (χ4v) is 0.467. The SMILES string of the molecule is CCC(C)C(F)(F)C(=O)O. The lowest BCUT2D eigenvalue weighted by Gasteiger charge is -2.16. The lowest BCUT2D eigenvalue weighted by Crippen LogP contribution is -2.35. The Morgan fingerprint density at radius 3 is 2.20 bits per heavy atom. The molecule has 10 heavy (non-hydrogen) atoms. The summed E-state index contributed by atoms with van der Waals surface area (Å²) < 4.78 is 24.7. The van der Waals surface area contributed by atoms with Crippen LogP contribution in [0.3, 0.4) is 0 Å². The van der Waals surface area contributed by atoms with Gasteiger partial charge in [0.2, 0.25) is 0 Å². The maximum atomic E-state index is 12.3. The molecule has 0 bridgehead atoms. The van der Waals surface area contributed by atoms with Gasteiger partial charge in [-0.05, 0) is 6.42 Å². The van der Waals surface area contributed by atoms with Gasteiger partial charge < -0.3 is 5.11 Å². The number of hydrogen-bond donors (Lipinski definition) is 1. The third-order valence-corrected chi connectivity index (χ3v) is 1.52. The van der Waals surface area contributed by atoms with Crippen LogP contribution in [0.5, 0.6) is 0 Å². The highest BCUT2D eigenvalue weighted by Crippen LogP contribution is 2.26. The standard InChI is InChI=1S/C6H10F2O2/c1-3-4(2)6(7,8)5(9)10/h4H,3H2,1-2H3,(H,9,10). The second-order valence-corrected chi connectivity index (χ2v) is 2.24. The first-order valence-electron chi connectivity index (χ1n) is 3.04. The quantitative estimate of drug-likeness (QED) is 0.668. The first kappa shape index (κ1) is 9.33. The molecule has 2 nitrogen and oxygen atoms in total. The normalized spacial score (nSPS) is 14.8. The molecule has 0 aliphatic heterocycles. The largest absolute Gasteiger partial charge is 0.477 e. The van der Waals surface area contributed by atoms with Gasteiger partial charge in [0, 0.05) is 5.92 Å². The smallest absolute Gasteiger partial charge is 0.374 e. The van der Waals surface area contributed by atoms with Crippen molar-refractivity contribution in [3.63, 3.8) is 0 Å². The lowest BCUT2D eigenvalue weighted by atomic mass is 10.0. The van der Waals surface area contributed by atoms with Gasteiger partial charge in [0.1, 0.15) is 0 Å². The summed E-state index contributed by atoms with van der Waals surface area (Å²) in [5, 5.41) is 7.99. The van der Waals surface area contributed by atoms with E-state index >= 15 is 0 Å². The Hall–Kier alpha value is -0.670. The highest BCUT2D eigenvalue weighted by atomic mass is 19.3. The van der Waals surface area contributed by atoms with Crippen molar-refractivity contribution >= 4 is 5.97 Å². The molecular formula is C6H10F2O2. The van der Waals surface area contributed by atoms with E-state index in [0.717, 1.165) is 0 Å². The number of carbonyl (C=O) groups is 1. The zero-order valence-electron chi connectivity index (χ0n) is 5.90. The fraction of sp³-hybridized carbons (Fsp3) is 0.833. The Morgan fingerprint density at radius 1 is 1.70 bits per heavy atom. The minimum absolute atomic E-state index is 0.166. The van der Waals surface area contributed by atoms with E-state index in [1.165, 1.54) is 13.8 Å². The van der Waals surface area contributed by atoms with Crippen molar-refractivity contribution < 1.29 is 18.7 Å². The topological polar surface area (TPSA) is 37.3 Å². The van der Waals surface area contributed by atoms with Crippen LogP contribution in [0.4, 0.5) is 8.78 Å². The van der Waals surface area contributed by atoms with Crippen LogP contribution in [0, 0.1) is 5.92 Å². The summed E-state index contributed by atoms with van der Waals surface area (Å²) in [6.45, 7) is 2.75. The van der Waals surface area contributed by atoms with E-state index in [1.54, 1.807) is 0 Å². The monoisotopic (exact) mass is 152 g/mol. The molecular weight excluding hydrogens is 142 g/mol. The zero-order chi connectivity index (χ0) is 8.36. The molecule has 60 valence electrons. The van der Waals surface area contributed by atoms with Gasteiger partial charge in [-0.15, -0.1) is 0 Å². The molecule has 0 radical (unpaired) electrons. The first-order chi connectivity index (χ1) is 4.42. The van der Waals surface area contributed by atoms with Gasteiger partial charge in [-0.2, -0.15) is 8.78 Å². The molecule has 1 N–H and O–H groups in total. The number of aliphatic carboxylic acids is 1. The van der Waals surface area contributed by atoms with Crippen LogP contribution >= 0.6 is 0 Å². The molecule has 0 spiro atoms. The van der Waals surface area contributed by atoms with E-state index in [1.807, 2.05) is 0 Å². The molecule has 0 aromatic carbocycles. The van der Waals surface area contributed by atoms with Crippen molar-refractivity contribution in [3.8, 4) is 0 Å². The van der Waals surface area contributed by atoms with E-state index in [0.29, 0.717) is 0 Å². The molecule has 1 atom stereocenters. The molecule has 0 fully saturated rings. The van der Waals surface area contributed by atoms with E-state index in [-0.39, 0.29) is 6.42 Å². The van der Waals surface area contributed by atoms with Crippen molar-refractivity contribution in [1.29, 1.82) is 0 Å². The van der Waals surface area contributed by atoms with Crippen molar-refractivity contribution in [2.75, 3.05) is 0 Å². The van der Waals surface area contributed by atoms with Crippen molar-refractivity contribution in [2.45, 2.75) is 26.2 Å². The summed E-state index contributed by atoms with van der Waals surface area (Å²) >= 11 is 0. The maximum Gasteiger partial charge on any atom is 0.374 e. The third kappa shape index (κ3) is 1.65. The van der Waals surface area contributed by atoms with Gasteiger partial charge >= 0.3 is 11.9 Å². The number of carboxylic acids is 1. The minimum Gasteiger partial charge on any atom is -0.477 e. The molecule has 0 amide bonds.